The van der Waals surface area contributed by atoms with Gasteiger partial charge in [-0.05, 0) is 25.7 Å². The van der Waals surface area contributed by atoms with Crippen molar-refractivity contribution in [3.8, 4) is 0 Å². The van der Waals surface area contributed by atoms with E-state index in [0.717, 1.165) is 0 Å². The zero-order valence-corrected chi connectivity index (χ0v) is 8.23. The van der Waals surface area contributed by atoms with Gasteiger partial charge in [-0.25, -0.2) is 0 Å². The maximum absolute atomic E-state index is 2.27. The first-order chi connectivity index (χ1) is 6.00. The molecule has 0 heteroatoms. The molecule has 0 aromatic rings. The third-order valence-corrected chi connectivity index (χ3v) is 2.66. The molecule has 0 N–H and O–H groups in total. The molecule has 2 rings (SSSR count). The van der Waals surface area contributed by atoms with E-state index >= 15 is 0 Å². The van der Waals surface area contributed by atoms with Crippen molar-refractivity contribution in [1.82, 2.24) is 0 Å². The summed E-state index contributed by atoms with van der Waals surface area (Å²) in [5.41, 5.74) is 0. The van der Waals surface area contributed by atoms with E-state index in [1.54, 1.807) is 0 Å². The van der Waals surface area contributed by atoms with Gasteiger partial charge in [-0.15, -0.1) is 0 Å². The zero-order chi connectivity index (χ0) is 8.49. The van der Waals surface area contributed by atoms with Crippen molar-refractivity contribution in [3.63, 3.8) is 0 Å². The highest BCUT2D eigenvalue weighted by Crippen LogP contribution is 2.15. The zero-order valence-electron chi connectivity index (χ0n) is 8.23. The van der Waals surface area contributed by atoms with Crippen LogP contribution in [0.1, 0.15) is 71.6 Å². The Kier molecular flexibility index (Phi) is 9.63. The lowest BCUT2D eigenvalue weighted by atomic mass is 10.0. The summed E-state index contributed by atoms with van der Waals surface area (Å²) < 4.78 is 0. The minimum absolute atomic E-state index is 0. The molecule has 0 amide bonds. The molecule has 0 aliphatic heterocycles. The first-order valence-corrected chi connectivity index (χ1v) is 5.65. The molecular formula is C13H26. The van der Waals surface area contributed by atoms with E-state index < -0.39 is 0 Å². The Morgan fingerprint density at radius 2 is 0.769 bits per heavy atom. The highest BCUT2D eigenvalue weighted by Gasteiger charge is 1.95. The minimum Gasteiger partial charge on any atom is -0.0885 e. The normalized spacial score (nSPS) is 20.9. The maximum Gasteiger partial charge on any atom is -0.0351 e. The van der Waals surface area contributed by atoms with Crippen LogP contribution in [0.5, 0.6) is 0 Å². The number of hydrogen-bond donors (Lipinski definition) is 0. The van der Waals surface area contributed by atoms with Crippen LogP contribution in [0.25, 0.3) is 0 Å². The van der Waals surface area contributed by atoms with E-state index in [1.807, 2.05) is 0 Å². The summed E-state index contributed by atoms with van der Waals surface area (Å²) >= 11 is 0. The molecule has 0 aromatic heterocycles. The Morgan fingerprint density at radius 3 is 0.923 bits per heavy atom. The van der Waals surface area contributed by atoms with Crippen molar-refractivity contribution in [2.24, 2.45) is 0 Å². The predicted octanol–water partition coefficient (Wildman–Crippen LogP) is 5.09. The maximum atomic E-state index is 2.27. The average Bonchev–Trinajstić information content (AvgIpc) is 2.24. The molecule has 2 aliphatic carbocycles. The van der Waals surface area contributed by atoms with Crippen LogP contribution in [0.4, 0.5) is 0 Å². The van der Waals surface area contributed by atoms with Crippen molar-refractivity contribution in [2.45, 2.75) is 71.6 Å². The molecule has 0 bridgehead atoms. The van der Waals surface area contributed by atoms with Crippen LogP contribution in [0.2, 0.25) is 0 Å². The van der Waals surface area contributed by atoms with Crippen LogP contribution >= 0.6 is 0 Å². The van der Waals surface area contributed by atoms with Gasteiger partial charge < -0.3 is 0 Å². The van der Waals surface area contributed by atoms with Gasteiger partial charge in [0.05, 0.1) is 0 Å². The Morgan fingerprint density at radius 1 is 0.462 bits per heavy atom. The molecule has 0 radical (unpaired) electrons. The predicted molar refractivity (Wildman–Crippen MR) is 62.0 cm³/mol. The van der Waals surface area contributed by atoms with Crippen molar-refractivity contribution in [3.05, 3.63) is 12.2 Å². The summed E-state index contributed by atoms with van der Waals surface area (Å²) in [5.74, 6) is 0. The Hall–Kier alpha value is -0.260. The van der Waals surface area contributed by atoms with Crippen LogP contribution in [-0.2, 0) is 0 Å². The van der Waals surface area contributed by atoms with Crippen molar-refractivity contribution < 1.29 is 0 Å². The van der Waals surface area contributed by atoms with Gasteiger partial charge in [0, 0.05) is 0 Å². The highest BCUT2D eigenvalue weighted by molar-refractivity contribution is 4.85. The second-order valence-electron chi connectivity index (χ2n) is 3.88. The van der Waals surface area contributed by atoms with Crippen molar-refractivity contribution in [2.75, 3.05) is 0 Å². The van der Waals surface area contributed by atoms with Gasteiger partial charge in [0.2, 0.25) is 0 Å². The van der Waals surface area contributed by atoms with E-state index in [2.05, 4.69) is 12.2 Å². The molecule has 2 aliphatic rings. The fraction of sp³-hybridized carbons (Fsp3) is 0.846. The third-order valence-electron chi connectivity index (χ3n) is 2.66. The van der Waals surface area contributed by atoms with Crippen LogP contribution in [0.3, 0.4) is 0 Å². The summed E-state index contributed by atoms with van der Waals surface area (Å²) in [5, 5.41) is 0. The molecule has 1 fully saturated rings. The molecule has 78 valence electrons. The lowest BCUT2D eigenvalue weighted by Crippen LogP contribution is -1.85. The summed E-state index contributed by atoms with van der Waals surface area (Å²) in [6.07, 6.45) is 19.0. The van der Waals surface area contributed by atoms with Crippen molar-refractivity contribution >= 4 is 0 Å². The Labute approximate surface area is 84.4 Å². The fourth-order valence-corrected chi connectivity index (χ4v) is 1.82. The SMILES string of the molecule is C.C1=CCCCC1.C1CCCCC1. The third kappa shape index (κ3) is 8.08. The molecule has 0 spiro atoms. The highest BCUT2D eigenvalue weighted by atomic mass is 14.0. The standard InChI is InChI=1S/C6H12.C6H10.CH4/c2*1-2-4-6-5-3-1;/h1-6H2;1-2H,3-6H2;1H4. The lowest BCUT2D eigenvalue weighted by Gasteiger charge is -2.05. The smallest absolute Gasteiger partial charge is 0.0351 e. The quantitative estimate of drug-likeness (QED) is 0.458. The van der Waals surface area contributed by atoms with E-state index in [1.165, 1.54) is 64.2 Å². The number of allylic oxidation sites excluding steroid dienone is 2. The summed E-state index contributed by atoms with van der Waals surface area (Å²) in [6.45, 7) is 0. The van der Waals surface area contributed by atoms with E-state index in [0.29, 0.717) is 0 Å². The van der Waals surface area contributed by atoms with Crippen LogP contribution < -0.4 is 0 Å². The molecule has 1 saturated carbocycles. The average molecular weight is 182 g/mol. The molecule has 0 heterocycles. The van der Waals surface area contributed by atoms with Crippen LogP contribution in [0, 0.1) is 0 Å². The molecule has 13 heavy (non-hydrogen) atoms. The molecule has 0 atom stereocenters. The number of rotatable bonds is 0. The first kappa shape index (κ1) is 12.7. The van der Waals surface area contributed by atoms with E-state index in [4.69, 9.17) is 0 Å². The largest absolute Gasteiger partial charge is 0.0885 e. The minimum atomic E-state index is 0. The van der Waals surface area contributed by atoms with E-state index in [9.17, 15) is 0 Å². The van der Waals surface area contributed by atoms with Gasteiger partial charge in [0.15, 0.2) is 0 Å². The Balaban J connectivity index is 0.000000206. The van der Waals surface area contributed by atoms with Crippen LogP contribution in [0.15, 0.2) is 12.2 Å². The van der Waals surface area contributed by atoms with Gasteiger partial charge in [-0.2, -0.15) is 0 Å². The molecular weight excluding hydrogens is 156 g/mol. The van der Waals surface area contributed by atoms with Crippen molar-refractivity contribution in [1.29, 1.82) is 0 Å². The van der Waals surface area contributed by atoms with Gasteiger partial charge in [-0.3, -0.25) is 0 Å². The molecule has 0 saturated heterocycles. The molecule has 0 aromatic carbocycles. The van der Waals surface area contributed by atoms with Crippen LogP contribution in [-0.4, -0.2) is 0 Å². The monoisotopic (exact) mass is 182 g/mol. The molecule has 0 unspecified atom stereocenters. The summed E-state index contributed by atoms with van der Waals surface area (Å²) in [4.78, 5) is 0. The topological polar surface area (TPSA) is 0 Å². The summed E-state index contributed by atoms with van der Waals surface area (Å²) in [7, 11) is 0. The van der Waals surface area contributed by atoms with Gasteiger partial charge in [-0.1, -0.05) is 58.1 Å². The lowest BCUT2D eigenvalue weighted by molar-refractivity contribution is 0.504. The second kappa shape index (κ2) is 9.83. The first-order valence-electron chi connectivity index (χ1n) is 5.65. The Bertz CT molecular complexity index is 89.7. The number of hydrogen-bond acceptors (Lipinski definition) is 0. The van der Waals surface area contributed by atoms with Gasteiger partial charge >= 0.3 is 0 Å². The van der Waals surface area contributed by atoms with Gasteiger partial charge in [0.25, 0.3) is 0 Å². The fourth-order valence-electron chi connectivity index (χ4n) is 1.82. The van der Waals surface area contributed by atoms with E-state index in [-0.39, 0.29) is 7.43 Å². The molecule has 0 nitrogen and oxygen atoms in total. The second-order valence-corrected chi connectivity index (χ2v) is 3.88. The summed E-state index contributed by atoms with van der Waals surface area (Å²) in [6, 6.07) is 0. The van der Waals surface area contributed by atoms with Gasteiger partial charge in [0.1, 0.15) is 0 Å².